The van der Waals surface area contributed by atoms with Gasteiger partial charge in [0.25, 0.3) is 0 Å². The number of halogens is 3. The van der Waals surface area contributed by atoms with Gasteiger partial charge >= 0.3 is 0 Å². The molecule has 0 amide bonds. The molecule has 0 aliphatic heterocycles. The number of benzene rings is 1. The lowest BCUT2D eigenvalue weighted by molar-refractivity contribution is 0.239. The van der Waals surface area contributed by atoms with E-state index in [1.165, 1.54) is 12.1 Å². The number of nitrogens with one attached hydrogen (secondary N) is 1. The molecule has 0 atom stereocenters. The van der Waals surface area contributed by atoms with Crippen LogP contribution < -0.4 is 5.32 Å². The quantitative estimate of drug-likeness (QED) is 0.762. The first-order valence-corrected chi connectivity index (χ1v) is 7.18. The molecule has 0 aromatic heterocycles. The predicted octanol–water partition coefficient (Wildman–Crippen LogP) is 5.03. The van der Waals surface area contributed by atoms with E-state index in [0.29, 0.717) is 4.47 Å². The summed E-state index contributed by atoms with van der Waals surface area (Å²) in [5, 5.41) is 3.24. The Morgan fingerprint density at radius 2 is 1.68 bits per heavy atom. The van der Waals surface area contributed by atoms with Gasteiger partial charge in [-0.25, -0.2) is 8.78 Å². The summed E-state index contributed by atoms with van der Waals surface area (Å²) in [6, 6.07) is 2.66. The summed E-state index contributed by atoms with van der Waals surface area (Å²) in [6.07, 6.45) is 0.914. The summed E-state index contributed by atoms with van der Waals surface area (Å²) < 4.78 is 27.8. The minimum atomic E-state index is -0.529. The minimum absolute atomic E-state index is 0.0800. The maximum atomic E-state index is 13.8. The van der Waals surface area contributed by atoms with Gasteiger partial charge in [-0.15, -0.1) is 0 Å². The minimum Gasteiger partial charge on any atom is -0.307 e. The smallest absolute Gasteiger partial charge is 0.144 e. The van der Waals surface area contributed by atoms with E-state index in [1.807, 2.05) is 13.8 Å². The van der Waals surface area contributed by atoms with E-state index in [0.717, 1.165) is 6.42 Å². The summed E-state index contributed by atoms with van der Waals surface area (Å²) >= 11 is 3.08. The molecule has 0 radical (unpaired) electrons. The van der Waals surface area contributed by atoms with Gasteiger partial charge in [-0.3, -0.25) is 0 Å². The van der Waals surface area contributed by atoms with Crippen molar-refractivity contribution < 1.29 is 8.78 Å². The number of hydrogen-bond donors (Lipinski definition) is 1. The third kappa shape index (κ3) is 5.19. The maximum Gasteiger partial charge on any atom is 0.144 e. The van der Waals surface area contributed by atoms with Crippen molar-refractivity contribution in [2.75, 3.05) is 0 Å². The molecule has 0 fully saturated rings. The highest BCUT2D eigenvalue weighted by atomic mass is 79.9. The molecule has 1 N–H and O–H groups in total. The number of rotatable bonds is 4. The maximum absolute atomic E-state index is 13.8. The molecule has 0 saturated heterocycles. The topological polar surface area (TPSA) is 12.0 Å². The molecule has 1 aromatic carbocycles. The van der Waals surface area contributed by atoms with Crippen molar-refractivity contribution >= 4 is 15.9 Å². The first kappa shape index (κ1) is 16.6. The van der Waals surface area contributed by atoms with Gasteiger partial charge in [0.15, 0.2) is 0 Å². The van der Waals surface area contributed by atoms with Gasteiger partial charge in [-0.2, -0.15) is 0 Å². The van der Waals surface area contributed by atoms with Crippen molar-refractivity contribution in [3.8, 4) is 0 Å². The monoisotopic (exact) mass is 333 g/mol. The van der Waals surface area contributed by atoms with E-state index >= 15 is 0 Å². The van der Waals surface area contributed by atoms with E-state index in [9.17, 15) is 8.78 Å². The molecule has 0 spiro atoms. The van der Waals surface area contributed by atoms with E-state index < -0.39 is 11.6 Å². The fourth-order valence-electron chi connectivity index (χ4n) is 2.45. The Labute approximate surface area is 122 Å². The van der Waals surface area contributed by atoms with Gasteiger partial charge in [0.1, 0.15) is 11.6 Å². The molecule has 0 bridgehead atoms. The van der Waals surface area contributed by atoms with E-state index in [1.54, 1.807) is 0 Å². The Bertz CT molecular complexity index is 450. The van der Waals surface area contributed by atoms with Crippen LogP contribution in [0.4, 0.5) is 8.78 Å². The standard InChI is InChI=1S/C15H22BrF2N/c1-14(2,3)9-15(4,5)19-8-10-12(17)7-6-11(16)13(10)18/h6-7,19H,8-9H2,1-5H3. The molecule has 0 saturated carbocycles. The highest BCUT2D eigenvalue weighted by Crippen LogP contribution is 2.28. The summed E-state index contributed by atoms with van der Waals surface area (Å²) in [5.74, 6) is -1.04. The van der Waals surface area contributed by atoms with Crippen LogP contribution in [0.5, 0.6) is 0 Å². The molecule has 0 heterocycles. The zero-order valence-corrected chi connectivity index (χ0v) is 13.8. The largest absolute Gasteiger partial charge is 0.307 e. The van der Waals surface area contributed by atoms with Crippen molar-refractivity contribution in [1.29, 1.82) is 0 Å². The van der Waals surface area contributed by atoms with Crippen molar-refractivity contribution in [1.82, 2.24) is 5.32 Å². The molecule has 1 rings (SSSR count). The van der Waals surface area contributed by atoms with Crippen LogP contribution in [-0.2, 0) is 6.54 Å². The Balaban J connectivity index is 2.80. The van der Waals surface area contributed by atoms with Crippen molar-refractivity contribution in [3.63, 3.8) is 0 Å². The van der Waals surface area contributed by atoms with Gasteiger partial charge in [-0.05, 0) is 53.7 Å². The summed E-state index contributed by atoms with van der Waals surface area (Å²) in [7, 11) is 0. The lowest BCUT2D eigenvalue weighted by atomic mass is 9.82. The second kappa shape index (κ2) is 5.88. The van der Waals surface area contributed by atoms with E-state index in [-0.39, 0.29) is 23.1 Å². The lowest BCUT2D eigenvalue weighted by Gasteiger charge is -2.33. The van der Waals surface area contributed by atoms with Gasteiger partial charge in [0.2, 0.25) is 0 Å². The van der Waals surface area contributed by atoms with Crippen LogP contribution in [0.25, 0.3) is 0 Å². The molecule has 108 valence electrons. The van der Waals surface area contributed by atoms with Crippen LogP contribution in [0.3, 0.4) is 0 Å². The van der Waals surface area contributed by atoms with Crippen LogP contribution >= 0.6 is 15.9 Å². The van der Waals surface area contributed by atoms with Gasteiger partial charge in [0, 0.05) is 17.6 Å². The Hall–Kier alpha value is -0.480. The third-order valence-electron chi connectivity index (χ3n) is 2.85. The highest BCUT2D eigenvalue weighted by molar-refractivity contribution is 9.10. The lowest BCUT2D eigenvalue weighted by Crippen LogP contribution is -2.42. The van der Waals surface area contributed by atoms with Gasteiger partial charge in [0.05, 0.1) is 4.47 Å². The normalized spacial score (nSPS) is 12.8. The zero-order chi connectivity index (χ0) is 14.8. The number of hydrogen-bond acceptors (Lipinski definition) is 1. The summed E-state index contributed by atoms with van der Waals surface area (Å²) in [6.45, 7) is 10.7. The Morgan fingerprint density at radius 3 is 2.21 bits per heavy atom. The van der Waals surface area contributed by atoms with Crippen LogP contribution in [0.2, 0.25) is 0 Å². The molecule has 1 aromatic rings. The van der Waals surface area contributed by atoms with Gasteiger partial charge in [-0.1, -0.05) is 20.8 Å². The zero-order valence-electron chi connectivity index (χ0n) is 12.2. The molecule has 0 unspecified atom stereocenters. The van der Waals surface area contributed by atoms with Crippen molar-refractivity contribution in [2.45, 2.75) is 53.1 Å². The first-order chi connectivity index (χ1) is 8.52. The SMILES string of the molecule is CC(C)(C)CC(C)(C)NCc1c(F)ccc(Br)c1F. The molecule has 4 heteroatoms. The molecule has 0 aliphatic rings. The molecule has 1 nitrogen and oxygen atoms in total. The third-order valence-corrected chi connectivity index (χ3v) is 3.47. The second-order valence-corrected chi connectivity index (χ2v) is 7.65. The molecular formula is C15H22BrF2N. The Kier molecular flexibility index (Phi) is 5.13. The van der Waals surface area contributed by atoms with Crippen LogP contribution in [-0.4, -0.2) is 5.54 Å². The fraction of sp³-hybridized carbons (Fsp3) is 0.600. The van der Waals surface area contributed by atoms with E-state index in [2.05, 4.69) is 42.0 Å². The second-order valence-electron chi connectivity index (χ2n) is 6.80. The van der Waals surface area contributed by atoms with Crippen molar-refractivity contribution in [3.05, 3.63) is 33.8 Å². The highest BCUT2D eigenvalue weighted by Gasteiger charge is 2.25. The fourth-order valence-corrected chi connectivity index (χ4v) is 2.82. The average Bonchev–Trinajstić information content (AvgIpc) is 2.20. The van der Waals surface area contributed by atoms with Gasteiger partial charge < -0.3 is 5.32 Å². The first-order valence-electron chi connectivity index (χ1n) is 6.39. The Morgan fingerprint density at radius 1 is 1.11 bits per heavy atom. The molecule has 19 heavy (non-hydrogen) atoms. The van der Waals surface area contributed by atoms with Crippen LogP contribution in [0.1, 0.15) is 46.6 Å². The molecular weight excluding hydrogens is 312 g/mol. The van der Waals surface area contributed by atoms with E-state index in [4.69, 9.17) is 0 Å². The van der Waals surface area contributed by atoms with Crippen LogP contribution in [0.15, 0.2) is 16.6 Å². The average molecular weight is 334 g/mol. The summed E-state index contributed by atoms with van der Waals surface area (Å²) in [4.78, 5) is 0. The van der Waals surface area contributed by atoms with Crippen molar-refractivity contribution in [2.24, 2.45) is 5.41 Å². The van der Waals surface area contributed by atoms with Crippen LogP contribution in [0, 0.1) is 17.0 Å². The summed E-state index contributed by atoms with van der Waals surface area (Å²) in [5.41, 5.74) is 0.0565. The predicted molar refractivity (Wildman–Crippen MR) is 79.0 cm³/mol. The molecule has 0 aliphatic carbocycles.